The van der Waals surface area contributed by atoms with Crippen LogP contribution in [0.25, 0.3) is 0 Å². The molecule has 0 saturated heterocycles. The highest BCUT2D eigenvalue weighted by atomic mass is 32.2. The second-order valence-corrected chi connectivity index (χ2v) is 8.69. The molecule has 7 heteroatoms. The molecule has 1 amide bonds. The fourth-order valence-corrected chi connectivity index (χ4v) is 4.51. The smallest absolute Gasteiger partial charge is 0.339 e. The number of ether oxygens (including phenoxy) is 1. The molecule has 0 saturated carbocycles. The zero-order valence-corrected chi connectivity index (χ0v) is 18.7. The minimum Gasteiger partial charge on any atom is -0.452 e. The average Bonchev–Trinajstić information content (AvgIpc) is 3.20. The summed E-state index contributed by atoms with van der Waals surface area (Å²) in [5.74, 6) is -0.0247. The lowest BCUT2D eigenvalue weighted by Crippen LogP contribution is -2.34. The first-order valence-corrected chi connectivity index (χ1v) is 11.5. The fraction of sp³-hybridized carbons (Fsp3) is 0.261. The Morgan fingerprint density at radius 2 is 1.83 bits per heavy atom. The van der Waals surface area contributed by atoms with Crippen LogP contribution in [-0.2, 0) is 21.8 Å². The Kier molecular flexibility index (Phi) is 8.04. The Morgan fingerprint density at radius 1 is 1.10 bits per heavy atom. The van der Waals surface area contributed by atoms with E-state index in [1.807, 2.05) is 61.7 Å². The van der Waals surface area contributed by atoms with Gasteiger partial charge < -0.3 is 9.64 Å². The first-order chi connectivity index (χ1) is 14.6. The molecule has 0 unspecified atom stereocenters. The summed E-state index contributed by atoms with van der Waals surface area (Å²) in [4.78, 5) is 32.1. The Balaban J connectivity index is 1.58. The predicted molar refractivity (Wildman–Crippen MR) is 121 cm³/mol. The minimum absolute atomic E-state index is 0.210. The molecule has 1 aromatic heterocycles. The van der Waals surface area contributed by atoms with Crippen LogP contribution in [-0.4, -0.2) is 34.9 Å². The number of benzene rings is 2. The average molecular weight is 441 g/mol. The molecule has 30 heavy (non-hydrogen) atoms. The standard InChI is InChI=1S/C23H24N2O3S2/c1-3-25(13-18-9-5-4-6-10-18)22(26)14-28-23(27)20-11-7-8-12-21(20)30-16-19-15-29-17(2)24-19/h4-12,15H,3,13-14,16H2,1-2H3. The maximum absolute atomic E-state index is 12.6. The molecule has 0 bridgehead atoms. The number of hydrogen-bond donors (Lipinski definition) is 0. The number of amides is 1. The Labute approximate surface area is 185 Å². The van der Waals surface area contributed by atoms with Crippen LogP contribution >= 0.6 is 23.1 Å². The summed E-state index contributed by atoms with van der Waals surface area (Å²) in [5, 5.41) is 3.04. The van der Waals surface area contributed by atoms with Crippen LogP contribution in [0.4, 0.5) is 0 Å². The van der Waals surface area contributed by atoms with Crippen molar-refractivity contribution >= 4 is 35.0 Å². The Hall–Kier alpha value is -2.64. The summed E-state index contributed by atoms with van der Waals surface area (Å²) in [6.45, 7) is 4.65. The van der Waals surface area contributed by atoms with Crippen LogP contribution in [0.2, 0.25) is 0 Å². The molecule has 0 aliphatic rings. The summed E-state index contributed by atoms with van der Waals surface area (Å²) < 4.78 is 5.35. The van der Waals surface area contributed by atoms with Gasteiger partial charge in [-0.25, -0.2) is 9.78 Å². The van der Waals surface area contributed by atoms with Crippen molar-refractivity contribution < 1.29 is 14.3 Å². The van der Waals surface area contributed by atoms with Crippen LogP contribution in [0.15, 0.2) is 64.9 Å². The van der Waals surface area contributed by atoms with Crippen molar-refractivity contribution in [2.75, 3.05) is 13.2 Å². The number of esters is 1. The summed E-state index contributed by atoms with van der Waals surface area (Å²) in [7, 11) is 0. The first kappa shape index (κ1) is 22.1. The molecule has 0 spiro atoms. The van der Waals surface area contributed by atoms with Gasteiger partial charge in [-0.15, -0.1) is 23.1 Å². The van der Waals surface area contributed by atoms with E-state index in [1.54, 1.807) is 28.4 Å². The Bertz CT molecular complexity index is 989. The number of thioether (sulfide) groups is 1. The highest BCUT2D eigenvalue weighted by Crippen LogP contribution is 2.27. The van der Waals surface area contributed by atoms with Crippen molar-refractivity contribution in [1.82, 2.24) is 9.88 Å². The molecule has 0 aliphatic heterocycles. The van der Waals surface area contributed by atoms with Gasteiger partial charge in [0, 0.05) is 29.1 Å². The van der Waals surface area contributed by atoms with Crippen molar-refractivity contribution in [2.24, 2.45) is 0 Å². The summed E-state index contributed by atoms with van der Waals surface area (Å²) in [6.07, 6.45) is 0. The van der Waals surface area contributed by atoms with Gasteiger partial charge in [0.05, 0.1) is 16.3 Å². The predicted octanol–water partition coefficient (Wildman–Crippen LogP) is 4.95. The van der Waals surface area contributed by atoms with Gasteiger partial charge in [0.15, 0.2) is 6.61 Å². The fourth-order valence-electron chi connectivity index (χ4n) is 2.86. The van der Waals surface area contributed by atoms with Crippen molar-refractivity contribution in [2.45, 2.75) is 31.0 Å². The van der Waals surface area contributed by atoms with Gasteiger partial charge in [-0.3, -0.25) is 4.79 Å². The van der Waals surface area contributed by atoms with Crippen LogP contribution in [0.1, 0.15) is 33.5 Å². The van der Waals surface area contributed by atoms with E-state index in [4.69, 9.17) is 4.74 Å². The molecular formula is C23H24N2O3S2. The van der Waals surface area contributed by atoms with Gasteiger partial charge in [-0.2, -0.15) is 0 Å². The van der Waals surface area contributed by atoms with E-state index < -0.39 is 5.97 Å². The van der Waals surface area contributed by atoms with Crippen LogP contribution in [0, 0.1) is 6.92 Å². The van der Waals surface area contributed by atoms with Gasteiger partial charge in [0.25, 0.3) is 5.91 Å². The number of likely N-dealkylation sites (N-methyl/N-ethyl adjacent to an activating group) is 1. The first-order valence-electron chi connectivity index (χ1n) is 9.68. The monoisotopic (exact) mass is 440 g/mol. The van der Waals surface area contributed by atoms with E-state index in [0.29, 0.717) is 24.4 Å². The van der Waals surface area contributed by atoms with Crippen molar-refractivity contribution in [3.05, 3.63) is 81.8 Å². The SMILES string of the molecule is CCN(Cc1ccccc1)C(=O)COC(=O)c1ccccc1SCc1csc(C)n1. The highest BCUT2D eigenvalue weighted by molar-refractivity contribution is 7.98. The zero-order chi connectivity index (χ0) is 21.3. The van der Waals surface area contributed by atoms with E-state index in [1.165, 1.54) is 11.8 Å². The largest absolute Gasteiger partial charge is 0.452 e. The molecular weight excluding hydrogens is 416 g/mol. The van der Waals surface area contributed by atoms with E-state index in [9.17, 15) is 9.59 Å². The summed E-state index contributed by atoms with van der Waals surface area (Å²) >= 11 is 3.15. The van der Waals surface area contributed by atoms with E-state index in [2.05, 4.69) is 4.98 Å². The molecule has 2 aromatic carbocycles. The molecule has 3 aromatic rings. The van der Waals surface area contributed by atoms with Crippen LogP contribution in [0.5, 0.6) is 0 Å². The molecule has 156 valence electrons. The maximum atomic E-state index is 12.6. The number of rotatable bonds is 9. The van der Waals surface area contributed by atoms with Crippen molar-refractivity contribution in [3.63, 3.8) is 0 Å². The van der Waals surface area contributed by atoms with Gasteiger partial charge in [0.2, 0.25) is 0 Å². The zero-order valence-electron chi connectivity index (χ0n) is 17.0. The van der Waals surface area contributed by atoms with Gasteiger partial charge in [-0.05, 0) is 31.5 Å². The Morgan fingerprint density at radius 3 is 2.53 bits per heavy atom. The lowest BCUT2D eigenvalue weighted by atomic mass is 10.2. The third-order valence-electron chi connectivity index (χ3n) is 4.43. The maximum Gasteiger partial charge on any atom is 0.339 e. The molecule has 0 aliphatic carbocycles. The topological polar surface area (TPSA) is 59.5 Å². The number of aryl methyl sites for hydroxylation is 1. The summed E-state index contributed by atoms with van der Waals surface area (Å²) in [5.41, 5.74) is 2.49. The molecule has 3 rings (SSSR count). The van der Waals surface area contributed by atoms with E-state index in [0.717, 1.165) is 21.2 Å². The van der Waals surface area contributed by atoms with Gasteiger partial charge >= 0.3 is 5.97 Å². The number of hydrogen-bond acceptors (Lipinski definition) is 6. The number of aromatic nitrogens is 1. The quantitative estimate of drug-likeness (QED) is 0.348. The lowest BCUT2D eigenvalue weighted by Gasteiger charge is -2.21. The molecule has 1 heterocycles. The normalized spacial score (nSPS) is 10.6. The van der Waals surface area contributed by atoms with Gasteiger partial charge in [0.1, 0.15) is 0 Å². The number of nitrogens with zero attached hydrogens (tertiary/aromatic N) is 2. The van der Waals surface area contributed by atoms with Crippen molar-refractivity contribution in [1.29, 1.82) is 0 Å². The number of carbonyl (C=O) groups excluding carboxylic acids is 2. The van der Waals surface area contributed by atoms with E-state index in [-0.39, 0.29) is 12.5 Å². The van der Waals surface area contributed by atoms with Gasteiger partial charge in [-0.1, -0.05) is 42.5 Å². The molecule has 0 N–H and O–H groups in total. The molecule has 0 atom stereocenters. The van der Waals surface area contributed by atoms with E-state index >= 15 is 0 Å². The van der Waals surface area contributed by atoms with Crippen LogP contribution in [0.3, 0.4) is 0 Å². The number of thiazole rings is 1. The van der Waals surface area contributed by atoms with Crippen LogP contribution < -0.4 is 0 Å². The third-order valence-corrected chi connectivity index (χ3v) is 6.36. The lowest BCUT2D eigenvalue weighted by molar-refractivity contribution is -0.134. The second-order valence-electron chi connectivity index (χ2n) is 6.61. The van der Waals surface area contributed by atoms with Crippen molar-refractivity contribution in [3.8, 4) is 0 Å². The summed E-state index contributed by atoms with van der Waals surface area (Å²) in [6, 6.07) is 17.1. The molecule has 5 nitrogen and oxygen atoms in total. The third kappa shape index (κ3) is 6.18. The second kappa shape index (κ2) is 10.9. The number of carbonyl (C=O) groups is 2. The molecule has 0 radical (unpaired) electrons. The minimum atomic E-state index is -0.489. The highest BCUT2D eigenvalue weighted by Gasteiger charge is 2.18. The molecule has 0 fully saturated rings.